The fourth-order valence-electron chi connectivity index (χ4n) is 2.26. The second kappa shape index (κ2) is 6.19. The number of rotatable bonds is 5. The predicted octanol–water partition coefficient (Wildman–Crippen LogP) is 1.60. The molecule has 0 N–H and O–H groups in total. The van der Waals surface area contributed by atoms with Crippen LogP contribution in [0.5, 0.6) is 0 Å². The topological polar surface area (TPSA) is 60.4 Å². The third-order valence-corrected chi connectivity index (χ3v) is 5.12. The molecular formula is C14H18O4S. The Labute approximate surface area is 113 Å². The molecule has 0 aliphatic carbocycles. The standard InChI is InChI=1S/C14H18O4S/c15-14(10-13-7-9-19(16,17)11-13)18-8-6-12-4-2-1-3-5-12/h1-5,13H,6-11H2. The number of hydrogen-bond donors (Lipinski definition) is 0. The normalized spacial score (nSPS) is 21.2. The molecule has 1 heterocycles. The third kappa shape index (κ3) is 4.67. The van der Waals surface area contributed by atoms with E-state index in [-0.39, 0.29) is 29.8 Å². The molecule has 104 valence electrons. The van der Waals surface area contributed by atoms with Crippen LogP contribution in [0.1, 0.15) is 18.4 Å². The monoisotopic (exact) mass is 282 g/mol. The third-order valence-electron chi connectivity index (χ3n) is 3.28. The fraction of sp³-hybridized carbons (Fsp3) is 0.500. The molecule has 0 radical (unpaired) electrons. The molecule has 1 aliphatic heterocycles. The van der Waals surface area contributed by atoms with E-state index in [9.17, 15) is 13.2 Å². The summed E-state index contributed by atoms with van der Waals surface area (Å²) < 4.78 is 27.7. The van der Waals surface area contributed by atoms with Gasteiger partial charge in [-0.1, -0.05) is 30.3 Å². The molecule has 1 unspecified atom stereocenters. The summed E-state index contributed by atoms with van der Waals surface area (Å²) in [5.74, 6) is -0.0253. The Bertz CT molecular complexity index is 522. The van der Waals surface area contributed by atoms with Gasteiger partial charge < -0.3 is 4.74 Å². The lowest BCUT2D eigenvalue weighted by atomic mass is 10.1. The molecule has 5 heteroatoms. The van der Waals surface area contributed by atoms with Crippen molar-refractivity contribution in [1.82, 2.24) is 0 Å². The zero-order valence-electron chi connectivity index (χ0n) is 10.7. The summed E-state index contributed by atoms with van der Waals surface area (Å²) in [5, 5.41) is 0. The average molecular weight is 282 g/mol. The Morgan fingerprint density at radius 3 is 2.63 bits per heavy atom. The summed E-state index contributed by atoms with van der Waals surface area (Å²) in [4.78, 5) is 11.6. The van der Waals surface area contributed by atoms with Gasteiger partial charge >= 0.3 is 5.97 Å². The molecule has 1 aliphatic rings. The number of esters is 1. The zero-order valence-corrected chi connectivity index (χ0v) is 11.6. The van der Waals surface area contributed by atoms with Gasteiger partial charge in [0.2, 0.25) is 0 Å². The molecule has 1 saturated heterocycles. The lowest BCUT2D eigenvalue weighted by Crippen LogP contribution is -2.14. The van der Waals surface area contributed by atoms with Crippen LogP contribution in [0.25, 0.3) is 0 Å². The van der Waals surface area contributed by atoms with E-state index in [1.165, 1.54) is 0 Å². The first-order valence-corrected chi connectivity index (χ1v) is 8.27. The quantitative estimate of drug-likeness (QED) is 0.770. The fourth-order valence-corrected chi connectivity index (χ4v) is 4.12. The van der Waals surface area contributed by atoms with E-state index < -0.39 is 9.84 Å². The molecule has 0 bridgehead atoms. The van der Waals surface area contributed by atoms with E-state index >= 15 is 0 Å². The van der Waals surface area contributed by atoms with Crippen LogP contribution < -0.4 is 0 Å². The minimum atomic E-state index is -2.91. The largest absolute Gasteiger partial charge is 0.465 e. The van der Waals surface area contributed by atoms with Crippen LogP contribution in [-0.4, -0.2) is 32.5 Å². The molecule has 2 rings (SSSR count). The molecule has 1 aromatic carbocycles. The Kier molecular flexibility index (Phi) is 4.58. The number of carbonyl (C=O) groups excluding carboxylic acids is 1. The van der Waals surface area contributed by atoms with Gasteiger partial charge in [-0.15, -0.1) is 0 Å². The molecule has 0 saturated carbocycles. The summed E-state index contributed by atoms with van der Waals surface area (Å²) in [6.45, 7) is 0.350. The van der Waals surface area contributed by atoms with E-state index in [4.69, 9.17) is 4.74 Å². The van der Waals surface area contributed by atoms with Gasteiger partial charge in [0.15, 0.2) is 9.84 Å². The molecule has 1 fully saturated rings. The van der Waals surface area contributed by atoms with Crippen LogP contribution in [0, 0.1) is 5.92 Å². The lowest BCUT2D eigenvalue weighted by Gasteiger charge is -2.08. The molecule has 0 spiro atoms. The van der Waals surface area contributed by atoms with Crippen molar-refractivity contribution in [1.29, 1.82) is 0 Å². The second-order valence-electron chi connectivity index (χ2n) is 4.93. The van der Waals surface area contributed by atoms with E-state index in [0.29, 0.717) is 19.4 Å². The molecule has 1 aromatic rings. The Hall–Kier alpha value is -1.36. The number of hydrogen-bond acceptors (Lipinski definition) is 4. The summed E-state index contributed by atoms with van der Waals surface area (Å²) in [7, 11) is -2.91. The summed E-state index contributed by atoms with van der Waals surface area (Å²) in [6.07, 6.45) is 1.49. The van der Waals surface area contributed by atoms with E-state index in [2.05, 4.69) is 0 Å². The smallest absolute Gasteiger partial charge is 0.306 e. The van der Waals surface area contributed by atoms with E-state index in [1.54, 1.807) is 0 Å². The van der Waals surface area contributed by atoms with Gasteiger partial charge in [-0.25, -0.2) is 8.42 Å². The Morgan fingerprint density at radius 2 is 2.00 bits per heavy atom. The number of ether oxygens (including phenoxy) is 1. The second-order valence-corrected chi connectivity index (χ2v) is 7.16. The lowest BCUT2D eigenvalue weighted by molar-refractivity contribution is -0.144. The van der Waals surface area contributed by atoms with Crippen molar-refractivity contribution in [3.8, 4) is 0 Å². The minimum absolute atomic E-state index is 0.0609. The van der Waals surface area contributed by atoms with Crippen LogP contribution in [0.15, 0.2) is 30.3 Å². The highest BCUT2D eigenvalue weighted by Gasteiger charge is 2.29. The van der Waals surface area contributed by atoms with Crippen LogP contribution in [0.2, 0.25) is 0 Å². The van der Waals surface area contributed by atoms with E-state index in [1.807, 2.05) is 30.3 Å². The van der Waals surface area contributed by atoms with Crippen molar-refractivity contribution in [2.75, 3.05) is 18.1 Å². The minimum Gasteiger partial charge on any atom is -0.465 e. The van der Waals surface area contributed by atoms with Crippen LogP contribution in [0.3, 0.4) is 0 Å². The number of sulfone groups is 1. The van der Waals surface area contributed by atoms with Crippen molar-refractivity contribution in [2.45, 2.75) is 19.3 Å². The van der Waals surface area contributed by atoms with Gasteiger partial charge in [0, 0.05) is 12.8 Å². The summed E-state index contributed by atoms with van der Waals surface area (Å²) in [5.41, 5.74) is 1.12. The first-order chi connectivity index (χ1) is 9.05. The zero-order chi connectivity index (χ0) is 13.7. The molecule has 0 amide bonds. The molecule has 0 aromatic heterocycles. The Morgan fingerprint density at radius 1 is 1.26 bits per heavy atom. The molecule has 19 heavy (non-hydrogen) atoms. The van der Waals surface area contributed by atoms with Gasteiger partial charge in [-0.2, -0.15) is 0 Å². The summed E-state index contributed by atoms with van der Waals surface area (Å²) in [6, 6.07) is 9.80. The van der Waals surface area contributed by atoms with Gasteiger partial charge in [0.25, 0.3) is 0 Å². The van der Waals surface area contributed by atoms with Crippen LogP contribution in [0.4, 0.5) is 0 Å². The van der Waals surface area contributed by atoms with Gasteiger partial charge in [-0.3, -0.25) is 4.79 Å². The number of carbonyl (C=O) groups is 1. The van der Waals surface area contributed by atoms with Gasteiger partial charge in [-0.05, 0) is 17.9 Å². The highest BCUT2D eigenvalue weighted by molar-refractivity contribution is 7.91. The summed E-state index contributed by atoms with van der Waals surface area (Å²) >= 11 is 0. The Balaban J connectivity index is 1.68. The maximum absolute atomic E-state index is 11.6. The van der Waals surface area contributed by atoms with Crippen molar-refractivity contribution in [2.24, 2.45) is 5.92 Å². The highest BCUT2D eigenvalue weighted by Crippen LogP contribution is 2.21. The van der Waals surface area contributed by atoms with Gasteiger partial charge in [0.05, 0.1) is 18.1 Å². The van der Waals surface area contributed by atoms with Gasteiger partial charge in [0.1, 0.15) is 0 Å². The maximum Gasteiger partial charge on any atom is 0.306 e. The number of benzene rings is 1. The van der Waals surface area contributed by atoms with Crippen molar-refractivity contribution < 1.29 is 17.9 Å². The highest BCUT2D eigenvalue weighted by atomic mass is 32.2. The maximum atomic E-state index is 11.6. The first kappa shape index (κ1) is 14.1. The average Bonchev–Trinajstić information content (AvgIpc) is 2.70. The predicted molar refractivity (Wildman–Crippen MR) is 72.5 cm³/mol. The van der Waals surface area contributed by atoms with Crippen molar-refractivity contribution >= 4 is 15.8 Å². The van der Waals surface area contributed by atoms with Crippen LogP contribution >= 0.6 is 0 Å². The molecule has 4 nitrogen and oxygen atoms in total. The SMILES string of the molecule is O=C(CC1CCS(=O)(=O)C1)OCCc1ccccc1. The molecule has 1 atom stereocenters. The molecular weight excluding hydrogens is 264 g/mol. The van der Waals surface area contributed by atoms with E-state index in [0.717, 1.165) is 5.56 Å². The van der Waals surface area contributed by atoms with Crippen molar-refractivity contribution in [3.63, 3.8) is 0 Å². The van der Waals surface area contributed by atoms with Crippen molar-refractivity contribution in [3.05, 3.63) is 35.9 Å². The van der Waals surface area contributed by atoms with Crippen LogP contribution in [-0.2, 0) is 25.8 Å². The first-order valence-electron chi connectivity index (χ1n) is 6.45.